The number of halogens is 2. The lowest BCUT2D eigenvalue weighted by atomic mass is 10.3. The van der Waals surface area contributed by atoms with Crippen molar-refractivity contribution in [3.8, 4) is 0 Å². The van der Waals surface area contributed by atoms with Gasteiger partial charge in [0.25, 0.3) is 0 Å². The minimum atomic E-state index is -0.580. The Morgan fingerprint density at radius 2 is 2.06 bits per heavy atom. The van der Waals surface area contributed by atoms with Gasteiger partial charge in [-0.3, -0.25) is 0 Å². The summed E-state index contributed by atoms with van der Waals surface area (Å²) in [6, 6.07) is 3.50. The van der Waals surface area contributed by atoms with E-state index in [1.807, 2.05) is 13.8 Å². The maximum absolute atomic E-state index is 13.3. The standard InChI is InChI=1S/C12H12F2N2S/c1-7-12(17-8(2)16-7)6-15-11-4-3-9(13)5-10(11)14/h3-5,15H,6H2,1-2H3. The topological polar surface area (TPSA) is 24.9 Å². The van der Waals surface area contributed by atoms with Gasteiger partial charge in [-0.15, -0.1) is 11.3 Å². The van der Waals surface area contributed by atoms with Crippen molar-refractivity contribution in [1.29, 1.82) is 0 Å². The Labute approximate surface area is 102 Å². The van der Waals surface area contributed by atoms with Gasteiger partial charge in [0.2, 0.25) is 0 Å². The van der Waals surface area contributed by atoms with Gasteiger partial charge in [-0.25, -0.2) is 13.8 Å². The summed E-state index contributed by atoms with van der Waals surface area (Å²) in [4.78, 5) is 5.35. The van der Waals surface area contributed by atoms with Crippen LogP contribution < -0.4 is 5.32 Å². The minimum absolute atomic E-state index is 0.303. The van der Waals surface area contributed by atoms with Crippen LogP contribution in [0.25, 0.3) is 0 Å². The molecular weight excluding hydrogens is 242 g/mol. The summed E-state index contributed by atoms with van der Waals surface area (Å²) >= 11 is 1.57. The van der Waals surface area contributed by atoms with Crippen LogP contribution in [0.15, 0.2) is 18.2 Å². The molecule has 2 aromatic rings. The lowest BCUT2D eigenvalue weighted by Crippen LogP contribution is -2.01. The second kappa shape index (κ2) is 4.79. The first-order chi connectivity index (χ1) is 8.06. The van der Waals surface area contributed by atoms with Crippen LogP contribution in [0.2, 0.25) is 0 Å². The molecule has 0 saturated carbocycles. The van der Waals surface area contributed by atoms with Crippen LogP contribution >= 0.6 is 11.3 Å². The summed E-state index contributed by atoms with van der Waals surface area (Å²) in [5.74, 6) is -1.15. The minimum Gasteiger partial charge on any atom is -0.378 e. The molecule has 0 spiro atoms. The number of rotatable bonds is 3. The number of benzene rings is 1. The van der Waals surface area contributed by atoms with E-state index in [9.17, 15) is 8.78 Å². The van der Waals surface area contributed by atoms with E-state index in [1.165, 1.54) is 12.1 Å². The molecule has 0 aliphatic carbocycles. The van der Waals surface area contributed by atoms with Gasteiger partial charge in [0.15, 0.2) is 0 Å². The van der Waals surface area contributed by atoms with E-state index in [0.29, 0.717) is 12.2 Å². The third-order valence-corrected chi connectivity index (χ3v) is 3.44. The van der Waals surface area contributed by atoms with E-state index in [-0.39, 0.29) is 0 Å². The van der Waals surface area contributed by atoms with Crippen LogP contribution in [-0.4, -0.2) is 4.98 Å². The van der Waals surface area contributed by atoms with Crippen molar-refractivity contribution in [1.82, 2.24) is 4.98 Å². The quantitative estimate of drug-likeness (QED) is 0.904. The number of anilines is 1. The van der Waals surface area contributed by atoms with Crippen LogP contribution in [0.5, 0.6) is 0 Å². The Bertz CT molecular complexity index is 537. The fourth-order valence-corrected chi connectivity index (χ4v) is 2.42. The number of nitrogens with zero attached hydrogens (tertiary/aromatic N) is 1. The zero-order chi connectivity index (χ0) is 12.4. The normalized spacial score (nSPS) is 10.6. The summed E-state index contributed by atoms with van der Waals surface area (Å²) in [6.45, 7) is 4.35. The van der Waals surface area contributed by atoms with Crippen molar-refractivity contribution in [3.63, 3.8) is 0 Å². The van der Waals surface area contributed by atoms with Crippen molar-refractivity contribution in [2.24, 2.45) is 0 Å². The van der Waals surface area contributed by atoms with Gasteiger partial charge in [0.1, 0.15) is 11.6 Å². The van der Waals surface area contributed by atoms with Crippen molar-refractivity contribution in [2.45, 2.75) is 20.4 Å². The van der Waals surface area contributed by atoms with E-state index in [0.717, 1.165) is 21.6 Å². The average molecular weight is 254 g/mol. The largest absolute Gasteiger partial charge is 0.378 e. The molecule has 0 amide bonds. The predicted octanol–water partition coefficient (Wildman–Crippen LogP) is 3.65. The van der Waals surface area contributed by atoms with Gasteiger partial charge in [-0.05, 0) is 26.0 Å². The molecule has 5 heteroatoms. The van der Waals surface area contributed by atoms with Crippen LogP contribution in [0, 0.1) is 25.5 Å². The Morgan fingerprint density at radius 3 is 2.65 bits per heavy atom. The zero-order valence-corrected chi connectivity index (χ0v) is 10.4. The number of nitrogens with one attached hydrogen (secondary N) is 1. The van der Waals surface area contributed by atoms with E-state index in [4.69, 9.17) is 0 Å². The second-order valence-corrected chi connectivity index (χ2v) is 5.01. The van der Waals surface area contributed by atoms with Crippen LogP contribution in [0.3, 0.4) is 0 Å². The Kier molecular flexibility index (Phi) is 3.38. The molecule has 0 aliphatic rings. The monoisotopic (exact) mass is 254 g/mol. The van der Waals surface area contributed by atoms with Gasteiger partial charge in [0, 0.05) is 10.9 Å². The molecule has 90 valence electrons. The summed E-state index contributed by atoms with van der Waals surface area (Å²) in [7, 11) is 0. The molecule has 0 bridgehead atoms. The van der Waals surface area contributed by atoms with E-state index >= 15 is 0 Å². The lowest BCUT2D eigenvalue weighted by molar-refractivity contribution is 0.585. The third kappa shape index (κ3) is 2.79. The second-order valence-electron chi connectivity index (χ2n) is 3.72. The lowest BCUT2D eigenvalue weighted by Gasteiger charge is -2.06. The van der Waals surface area contributed by atoms with E-state index in [2.05, 4.69) is 10.3 Å². The molecule has 2 nitrogen and oxygen atoms in total. The number of hydrogen-bond acceptors (Lipinski definition) is 3. The van der Waals surface area contributed by atoms with Crippen molar-refractivity contribution < 1.29 is 8.78 Å². The third-order valence-electron chi connectivity index (χ3n) is 2.37. The highest BCUT2D eigenvalue weighted by atomic mass is 32.1. The molecule has 2 rings (SSSR count). The van der Waals surface area contributed by atoms with Crippen LogP contribution in [-0.2, 0) is 6.54 Å². The molecule has 1 heterocycles. The SMILES string of the molecule is Cc1nc(C)c(CNc2ccc(F)cc2F)s1. The summed E-state index contributed by atoms with van der Waals surface area (Å²) < 4.78 is 26.0. The molecule has 1 N–H and O–H groups in total. The van der Waals surface area contributed by atoms with Crippen molar-refractivity contribution >= 4 is 17.0 Å². The first-order valence-electron chi connectivity index (χ1n) is 5.18. The molecular formula is C12H12F2N2S. The van der Waals surface area contributed by atoms with Gasteiger partial charge in [0.05, 0.1) is 22.9 Å². The van der Waals surface area contributed by atoms with E-state index < -0.39 is 11.6 Å². The number of aryl methyl sites for hydroxylation is 2. The number of hydrogen-bond donors (Lipinski definition) is 1. The van der Waals surface area contributed by atoms with Crippen LogP contribution in [0.4, 0.5) is 14.5 Å². The Morgan fingerprint density at radius 1 is 1.29 bits per heavy atom. The summed E-state index contributed by atoms with van der Waals surface area (Å²) in [5.41, 5.74) is 1.25. The zero-order valence-electron chi connectivity index (χ0n) is 9.55. The maximum Gasteiger partial charge on any atom is 0.149 e. The number of thiazole rings is 1. The van der Waals surface area contributed by atoms with Gasteiger partial charge in [-0.1, -0.05) is 0 Å². The molecule has 1 aromatic carbocycles. The van der Waals surface area contributed by atoms with Crippen molar-refractivity contribution in [3.05, 3.63) is 45.4 Å². The number of aromatic nitrogens is 1. The maximum atomic E-state index is 13.3. The molecule has 0 saturated heterocycles. The van der Waals surface area contributed by atoms with E-state index in [1.54, 1.807) is 11.3 Å². The first kappa shape index (κ1) is 12.0. The van der Waals surface area contributed by atoms with Gasteiger partial charge < -0.3 is 5.32 Å². The first-order valence-corrected chi connectivity index (χ1v) is 6.00. The van der Waals surface area contributed by atoms with Crippen LogP contribution in [0.1, 0.15) is 15.6 Å². The Balaban J connectivity index is 2.10. The average Bonchev–Trinajstić information content (AvgIpc) is 2.56. The summed E-state index contributed by atoms with van der Waals surface area (Å²) in [6.07, 6.45) is 0. The fraction of sp³-hybridized carbons (Fsp3) is 0.250. The molecule has 0 aliphatic heterocycles. The van der Waals surface area contributed by atoms with Gasteiger partial charge >= 0.3 is 0 Å². The molecule has 0 fully saturated rings. The highest BCUT2D eigenvalue weighted by Gasteiger charge is 2.07. The highest BCUT2D eigenvalue weighted by Crippen LogP contribution is 2.20. The summed E-state index contributed by atoms with van der Waals surface area (Å²) in [5, 5.41) is 3.92. The molecule has 17 heavy (non-hydrogen) atoms. The molecule has 0 radical (unpaired) electrons. The molecule has 0 atom stereocenters. The fourth-order valence-electron chi connectivity index (χ4n) is 1.55. The Hall–Kier alpha value is -1.49. The van der Waals surface area contributed by atoms with Crippen molar-refractivity contribution in [2.75, 3.05) is 5.32 Å². The van der Waals surface area contributed by atoms with Gasteiger partial charge in [-0.2, -0.15) is 0 Å². The highest BCUT2D eigenvalue weighted by molar-refractivity contribution is 7.11. The smallest absolute Gasteiger partial charge is 0.149 e. The predicted molar refractivity (Wildman–Crippen MR) is 65.3 cm³/mol. The molecule has 0 unspecified atom stereocenters. The molecule has 1 aromatic heterocycles.